The number of nitrogens with one attached hydrogen (secondary N) is 1. The molecule has 0 spiro atoms. The van der Waals surface area contributed by atoms with Crippen molar-refractivity contribution in [3.05, 3.63) is 22.0 Å². The highest BCUT2D eigenvalue weighted by molar-refractivity contribution is 5.90. The molecule has 19 heavy (non-hydrogen) atoms. The summed E-state index contributed by atoms with van der Waals surface area (Å²) in [7, 11) is 0. The van der Waals surface area contributed by atoms with Crippen LogP contribution < -0.4 is 5.32 Å². The van der Waals surface area contributed by atoms with Crippen LogP contribution in [0.4, 0.5) is 5.69 Å². The van der Waals surface area contributed by atoms with Crippen molar-refractivity contribution in [3.8, 4) is 0 Å². The molecule has 2 N–H and O–H groups in total. The molecule has 0 saturated carbocycles. The van der Waals surface area contributed by atoms with Crippen LogP contribution in [-0.4, -0.2) is 37.2 Å². The van der Waals surface area contributed by atoms with E-state index in [-0.39, 0.29) is 6.54 Å². The van der Waals surface area contributed by atoms with Gasteiger partial charge in [0.25, 0.3) is 0 Å². The van der Waals surface area contributed by atoms with Crippen molar-refractivity contribution >= 4 is 17.6 Å². The van der Waals surface area contributed by atoms with Crippen LogP contribution in [0.2, 0.25) is 0 Å². The zero-order valence-corrected chi connectivity index (χ0v) is 10.7. The quantitative estimate of drug-likeness (QED) is 0.602. The number of aromatic nitrogens is 2. The molecule has 9 nitrogen and oxygen atoms in total. The summed E-state index contributed by atoms with van der Waals surface area (Å²) in [6.45, 7) is 5.04. The van der Waals surface area contributed by atoms with E-state index in [1.165, 1.54) is 0 Å². The zero-order chi connectivity index (χ0) is 14.8. The van der Waals surface area contributed by atoms with Crippen molar-refractivity contribution in [1.29, 1.82) is 0 Å². The maximum atomic E-state index is 11.6. The van der Waals surface area contributed by atoms with Crippen molar-refractivity contribution in [1.82, 2.24) is 15.1 Å². The van der Waals surface area contributed by atoms with Crippen molar-refractivity contribution < 1.29 is 19.6 Å². The normalized spacial score (nSPS) is 11.1. The monoisotopic (exact) mass is 270 g/mol. The molecule has 1 aromatic rings. The number of carbonyl (C=O) groups excluding carboxylic acids is 1. The van der Waals surface area contributed by atoms with Gasteiger partial charge < -0.3 is 10.4 Å². The number of rotatable bonds is 4. The Kier molecular flexibility index (Phi) is 3.88. The molecule has 1 heterocycles. The van der Waals surface area contributed by atoms with Gasteiger partial charge in [0.15, 0.2) is 0 Å². The van der Waals surface area contributed by atoms with Gasteiger partial charge >= 0.3 is 11.7 Å². The zero-order valence-electron chi connectivity index (χ0n) is 10.7. The van der Waals surface area contributed by atoms with Crippen molar-refractivity contribution in [2.75, 3.05) is 0 Å². The lowest BCUT2D eigenvalue weighted by molar-refractivity contribution is -0.385. The molecule has 9 heteroatoms. The Morgan fingerprint density at radius 1 is 1.53 bits per heavy atom. The molecule has 104 valence electrons. The van der Waals surface area contributed by atoms with E-state index in [4.69, 9.17) is 5.11 Å². The third kappa shape index (κ3) is 4.05. The number of carboxylic acid groups (broad SMARTS) is 1. The fourth-order valence-electron chi connectivity index (χ4n) is 1.38. The highest BCUT2D eigenvalue weighted by Gasteiger charge is 2.26. The van der Waals surface area contributed by atoms with E-state index in [1.54, 1.807) is 20.8 Å². The van der Waals surface area contributed by atoms with Crippen molar-refractivity contribution in [3.63, 3.8) is 0 Å². The summed E-state index contributed by atoms with van der Waals surface area (Å²) >= 11 is 0. The molecule has 0 bridgehead atoms. The molecular formula is C10H14N4O5. The number of carboxylic acids is 1. The Morgan fingerprint density at radius 2 is 2.11 bits per heavy atom. The molecule has 0 unspecified atom stereocenters. The Hall–Kier alpha value is -2.45. The number of hydrogen-bond donors (Lipinski definition) is 2. The SMILES string of the molecule is CC(C)(C)NC(=O)Cn1cc([N+](=O)[O-])c(C(=O)O)n1. The second-order valence-corrected chi connectivity index (χ2v) is 4.92. The number of carbonyl (C=O) groups is 2. The van der Waals surface area contributed by atoms with Crippen LogP contribution in [0, 0.1) is 10.1 Å². The van der Waals surface area contributed by atoms with Crippen LogP contribution in [0.3, 0.4) is 0 Å². The predicted octanol–water partition coefficient (Wildman–Crippen LogP) is 0.404. The summed E-state index contributed by atoms with van der Waals surface area (Å²) in [6.07, 6.45) is 0.922. The second kappa shape index (κ2) is 5.04. The minimum atomic E-state index is -1.51. The molecule has 0 radical (unpaired) electrons. The molecule has 0 atom stereocenters. The molecule has 0 aliphatic heterocycles. The number of nitrogens with zero attached hydrogens (tertiary/aromatic N) is 3. The number of aromatic carboxylic acids is 1. The molecule has 1 aromatic heterocycles. The maximum absolute atomic E-state index is 11.6. The van der Waals surface area contributed by atoms with Crippen LogP contribution in [-0.2, 0) is 11.3 Å². The lowest BCUT2D eigenvalue weighted by Crippen LogP contribution is -2.42. The summed E-state index contributed by atoms with van der Waals surface area (Å²) in [5.41, 5.74) is -1.78. The molecule has 0 aliphatic carbocycles. The third-order valence-corrected chi connectivity index (χ3v) is 1.96. The van der Waals surface area contributed by atoms with Gasteiger partial charge in [-0.2, -0.15) is 5.10 Å². The molecule has 1 rings (SSSR count). The van der Waals surface area contributed by atoms with E-state index >= 15 is 0 Å². The third-order valence-electron chi connectivity index (χ3n) is 1.96. The minimum absolute atomic E-state index is 0.286. The van der Waals surface area contributed by atoms with Crippen LogP contribution in [0.5, 0.6) is 0 Å². The molecule has 0 aliphatic rings. The predicted molar refractivity (Wildman–Crippen MR) is 63.7 cm³/mol. The van der Waals surface area contributed by atoms with Gasteiger partial charge in [0.05, 0.1) is 4.92 Å². The van der Waals surface area contributed by atoms with Crippen LogP contribution in [0.25, 0.3) is 0 Å². The number of hydrogen-bond acceptors (Lipinski definition) is 5. The first-order chi connectivity index (χ1) is 8.60. The summed E-state index contributed by atoms with van der Waals surface area (Å²) in [6, 6.07) is 0. The average molecular weight is 270 g/mol. The van der Waals surface area contributed by atoms with Gasteiger partial charge in [0.1, 0.15) is 12.7 Å². The van der Waals surface area contributed by atoms with Gasteiger partial charge in [-0.25, -0.2) is 4.79 Å². The van der Waals surface area contributed by atoms with Crippen molar-refractivity contribution in [2.45, 2.75) is 32.9 Å². The Balaban J connectivity index is 2.92. The highest BCUT2D eigenvalue weighted by Crippen LogP contribution is 2.16. The van der Waals surface area contributed by atoms with Gasteiger partial charge in [0.2, 0.25) is 11.6 Å². The minimum Gasteiger partial charge on any atom is -0.476 e. The van der Waals surface area contributed by atoms with E-state index in [0.717, 1.165) is 10.9 Å². The van der Waals surface area contributed by atoms with E-state index in [2.05, 4.69) is 10.4 Å². The molecule has 0 fully saturated rings. The first-order valence-electron chi connectivity index (χ1n) is 5.36. The fraction of sp³-hybridized carbons (Fsp3) is 0.500. The van der Waals surface area contributed by atoms with E-state index in [9.17, 15) is 19.7 Å². The van der Waals surface area contributed by atoms with Crippen LogP contribution >= 0.6 is 0 Å². The van der Waals surface area contributed by atoms with Crippen molar-refractivity contribution in [2.24, 2.45) is 0 Å². The topological polar surface area (TPSA) is 127 Å². The lowest BCUT2D eigenvalue weighted by atomic mass is 10.1. The standard InChI is InChI=1S/C10H14N4O5/c1-10(2,3)11-7(15)5-13-4-6(14(18)19)8(12-13)9(16)17/h4H,5H2,1-3H3,(H,11,15)(H,16,17). The van der Waals surface area contributed by atoms with Gasteiger partial charge in [-0.3, -0.25) is 19.6 Å². The first kappa shape index (κ1) is 14.6. The van der Waals surface area contributed by atoms with E-state index in [0.29, 0.717) is 0 Å². The van der Waals surface area contributed by atoms with E-state index in [1.807, 2.05) is 0 Å². The van der Waals surface area contributed by atoms with Gasteiger partial charge in [-0.15, -0.1) is 0 Å². The number of nitro groups is 1. The average Bonchev–Trinajstić information content (AvgIpc) is 2.58. The molecule has 0 aromatic carbocycles. The van der Waals surface area contributed by atoms with Crippen LogP contribution in [0.1, 0.15) is 31.3 Å². The molecular weight excluding hydrogens is 256 g/mol. The van der Waals surface area contributed by atoms with Gasteiger partial charge in [0, 0.05) is 5.54 Å². The Labute approximate surface area is 108 Å². The first-order valence-corrected chi connectivity index (χ1v) is 5.36. The smallest absolute Gasteiger partial charge is 0.363 e. The van der Waals surface area contributed by atoms with Gasteiger partial charge in [-0.1, -0.05) is 0 Å². The van der Waals surface area contributed by atoms with E-state index < -0.39 is 33.7 Å². The summed E-state index contributed by atoms with van der Waals surface area (Å²) in [5, 5.41) is 25.6. The lowest BCUT2D eigenvalue weighted by Gasteiger charge is -2.20. The Morgan fingerprint density at radius 3 is 2.47 bits per heavy atom. The molecule has 1 amide bonds. The van der Waals surface area contributed by atoms with Gasteiger partial charge in [-0.05, 0) is 20.8 Å². The number of amides is 1. The van der Waals surface area contributed by atoms with Crippen LogP contribution in [0.15, 0.2) is 6.20 Å². The summed E-state index contributed by atoms with van der Waals surface area (Å²) < 4.78 is 0.933. The highest BCUT2D eigenvalue weighted by atomic mass is 16.6. The fourth-order valence-corrected chi connectivity index (χ4v) is 1.38. The Bertz CT molecular complexity index is 497. The summed E-state index contributed by atoms with van der Waals surface area (Å²) in [5.74, 6) is -1.93. The maximum Gasteiger partial charge on any atom is 0.363 e. The molecule has 0 saturated heterocycles. The second-order valence-electron chi connectivity index (χ2n) is 4.92. The summed E-state index contributed by atoms with van der Waals surface area (Å²) in [4.78, 5) is 32.2. The largest absolute Gasteiger partial charge is 0.476 e.